The summed E-state index contributed by atoms with van der Waals surface area (Å²) in [5.41, 5.74) is 9.34. The highest BCUT2D eigenvalue weighted by Crippen LogP contribution is 2.26. The van der Waals surface area contributed by atoms with Crippen LogP contribution >= 0.6 is 11.6 Å². The molecular weight excluding hydrogens is 288 g/mol. The van der Waals surface area contributed by atoms with Crippen LogP contribution in [0.4, 0.5) is 0 Å². The maximum absolute atomic E-state index is 8.68. The average Bonchev–Trinajstić information content (AvgIpc) is 2.46. The normalized spacial score (nSPS) is 11.5. The fourth-order valence-electron chi connectivity index (χ4n) is 1.95. The number of nitrogens with two attached hydrogens (primary N) is 1. The number of aryl methyl sites for hydroxylation is 2. The third kappa shape index (κ3) is 3.67. The van der Waals surface area contributed by atoms with Gasteiger partial charge in [0.15, 0.2) is 5.84 Å². The molecule has 2 rings (SSSR count). The molecule has 3 N–H and O–H groups in total. The highest BCUT2D eigenvalue weighted by atomic mass is 35.5. The lowest BCUT2D eigenvalue weighted by Crippen LogP contribution is -2.13. The van der Waals surface area contributed by atoms with Crippen molar-refractivity contribution in [2.24, 2.45) is 10.9 Å². The fraction of sp³-hybridized carbons (Fsp3) is 0.188. The van der Waals surface area contributed by atoms with Crippen LogP contribution in [0, 0.1) is 13.8 Å². The highest BCUT2D eigenvalue weighted by Gasteiger charge is 2.06. The summed E-state index contributed by atoms with van der Waals surface area (Å²) in [6, 6.07) is 11.2. The predicted octanol–water partition coefficient (Wildman–Crippen LogP) is 3.63. The number of benzene rings is 2. The molecule has 0 aromatic heterocycles. The van der Waals surface area contributed by atoms with E-state index in [9.17, 15) is 0 Å². The molecule has 2 aromatic rings. The molecule has 2 aromatic carbocycles. The van der Waals surface area contributed by atoms with Crippen molar-refractivity contribution in [3.8, 4) is 5.75 Å². The van der Waals surface area contributed by atoms with E-state index in [1.165, 1.54) is 0 Å². The summed E-state index contributed by atoms with van der Waals surface area (Å²) in [5.74, 6) is 0.745. The summed E-state index contributed by atoms with van der Waals surface area (Å²) < 4.78 is 5.74. The third-order valence-corrected chi connectivity index (χ3v) is 3.51. The largest absolute Gasteiger partial charge is 0.487 e. The molecule has 0 aliphatic rings. The van der Waals surface area contributed by atoms with Crippen molar-refractivity contribution < 1.29 is 9.94 Å². The summed E-state index contributed by atoms with van der Waals surface area (Å²) in [6.45, 7) is 4.33. The molecule has 0 saturated heterocycles. The van der Waals surface area contributed by atoms with E-state index < -0.39 is 0 Å². The molecule has 0 unspecified atom stereocenters. The molecular formula is C16H17ClN2O2. The standard InChI is InChI=1S/C16H17ClN2O2/c1-10-3-6-15(14(17)7-10)21-9-13-5-4-12(8-11(13)2)16(18)19-20/h3-8,20H,9H2,1-2H3,(H2,18,19). The minimum atomic E-state index is 0.0900. The summed E-state index contributed by atoms with van der Waals surface area (Å²) >= 11 is 6.14. The van der Waals surface area contributed by atoms with Crippen molar-refractivity contribution in [2.75, 3.05) is 0 Å². The second-order valence-electron chi connectivity index (χ2n) is 4.85. The molecule has 0 amide bonds. The molecule has 5 heteroatoms. The van der Waals surface area contributed by atoms with Gasteiger partial charge >= 0.3 is 0 Å². The Balaban J connectivity index is 2.13. The van der Waals surface area contributed by atoms with Crippen molar-refractivity contribution in [1.29, 1.82) is 0 Å². The van der Waals surface area contributed by atoms with Crippen molar-refractivity contribution >= 4 is 17.4 Å². The SMILES string of the molecule is Cc1ccc(OCc2ccc(/C(N)=N/O)cc2C)c(Cl)c1. The summed E-state index contributed by atoms with van der Waals surface area (Å²) in [6.07, 6.45) is 0. The first-order chi connectivity index (χ1) is 10.0. The predicted molar refractivity (Wildman–Crippen MR) is 84.2 cm³/mol. The quantitative estimate of drug-likeness (QED) is 0.392. The molecule has 0 bridgehead atoms. The zero-order valence-electron chi connectivity index (χ0n) is 11.9. The van der Waals surface area contributed by atoms with Crippen LogP contribution in [0.15, 0.2) is 41.6 Å². The number of nitrogens with zero attached hydrogens (tertiary/aromatic N) is 1. The van der Waals surface area contributed by atoms with Crippen LogP contribution in [0.1, 0.15) is 22.3 Å². The van der Waals surface area contributed by atoms with E-state index in [4.69, 9.17) is 27.3 Å². The fourth-order valence-corrected chi connectivity index (χ4v) is 2.24. The summed E-state index contributed by atoms with van der Waals surface area (Å²) in [7, 11) is 0. The number of hydrogen-bond donors (Lipinski definition) is 2. The minimum absolute atomic E-state index is 0.0900. The van der Waals surface area contributed by atoms with Crippen molar-refractivity contribution in [1.82, 2.24) is 0 Å². The Kier molecular flexibility index (Phi) is 4.70. The third-order valence-electron chi connectivity index (χ3n) is 3.22. The second-order valence-corrected chi connectivity index (χ2v) is 5.26. The lowest BCUT2D eigenvalue weighted by atomic mass is 10.1. The molecule has 0 atom stereocenters. The first-order valence-corrected chi connectivity index (χ1v) is 6.85. The number of amidine groups is 1. The average molecular weight is 305 g/mol. The summed E-state index contributed by atoms with van der Waals surface area (Å²) in [4.78, 5) is 0. The second kappa shape index (κ2) is 6.50. The van der Waals surface area contributed by atoms with Gasteiger partial charge in [-0.25, -0.2) is 0 Å². The Labute approximate surface area is 128 Å². The maximum Gasteiger partial charge on any atom is 0.170 e. The van der Waals surface area contributed by atoms with Crippen LogP contribution in [0.3, 0.4) is 0 Å². The molecule has 0 radical (unpaired) electrons. The van der Waals surface area contributed by atoms with E-state index in [0.717, 1.165) is 16.7 Å². The molecule has 0 fully saturated rings. The van der Waals surface area contributed by atoms with Crippen LogP contribution in [-0.2, 0) is 6.61 Å². The lowest BCUT2D eigenvalue weighted by molar-refractivity contribution is 0.305. The number of halogens is 1. The van der Waals surface area contributed by atoms with Gasteiger partial charge in [0.1, 0.15) is 12.4 Å². The van der Waals surface area contributed by atoms with Crippen LogP contribution < -0.4 is 10.5 Å². The number of ether oxygens (including phenoxy) is 1. The Morgan fingerprint density at radius 3 is 2.62 bits per heavy atom. The van der Waals surface area contributed by atoms with E-state index in [0.29, 0.717) is 22.9 Å². The van der Waals surface area contributed by atoms with Gasteiger partial charge in [0.05, 0.1) is 5.02 Å². The van der Waals surface area contributed by atoms with Gasteiger partial charge < -0.3 is 15.7 Å². The van der Waals surface area contributed by atoms with Crippen molar-refractivity contribution in [3.05, 3.63) is 63.7 Å². The Morgan fingerprint density at radius 2 is 2.00 bits per heavy atom. The lowest BCUT2D eigenvalue weighted by Gasteiger charge is -2.11. The van der Waals surface area contributed by atoms with Crippen LogP contribution in [-0.4, -0.2) is 11.0 Å². The first-order valence-electron chi connectivity index (χ1n) is 6.47. The van der Waals surface area contributed by atoms with Gasteiger partial charge in [-0.05, 0) is 48.7 Å². The van der Waals surface area contributed by atoms with Crippen LogP contribution in [0.5, 0.6) is 5.75 Å². The van der Waals surface area contributed by atoms with E-state index >= 15 is 0 Å². The maximum atomic E-state index is 8.68. The van der Waals surface area contributed by atoms with Crippen LogP contribution in [0.25, 0.3) is 0 Å². The van der Waals surface area contributed by atoms with Crippen molar-refractivity contribution in [2.45, 2.75) is 20.5 Å². The number of oxime groups is 1. The van der Waals surface area contributed by atoms with Gasteiger partial charge in [-0.3, -0.25) is 0 Å². The van der Waals surface area contributed by atoms with Gasteiger partial charge in [-0.15, -0.1) is 0 Å². The minimum Gasteiger partial charge on any atom is -0.487 e. The highest BCUT2D eigenvalue weighted by molar-refractivity contribution is 6.32. The zero-order chi connectivity index (χ0) is 15.4. The Bertz CT molecular complexity index is 684. The van der Waals surface area contributed by atoms with Gasteiger partial charge in [-0.2, -0.15) is 0 Å². The molecule has 0 spiro atoms. The van der Waals surface area contributed by atoms with E-state index in [1.54, 1.807) is 6.07 Å². The smallest absolute Gasteiger partial charge is 0.170 e. The zero-order valence-corrected chi connectivity index (χ0v) is 12.7. The monoisotopic (exact) mass is 304 g/mol. The number of hydrogen-bond acceptors (Lipinski definition) is 3. The Morgan fingerprint density at radius 1 is 1.24 bits per heavy atom. The molecule has 21 heavy (non-hydrogen) atoms. The van der Waals surface area contributed by atoms with Gasteiger partial charge in [0.2, 0.25) is 0 Å². The molecule has 0 aliphatic heterocycles. The molecule has 4 nitrogen and oxygen atoms in total. The summed E-state index contributed by atoms with van der Waals surface area (Å²) in [5, 5.41) is 12.3. The van der Waals surface area contributed by atoms with E-state index in [1.807, 2.05) is 44.2 Å². The first kappa shape index (κ1) is 15.2. The molecule has 0 heterocycles. The van der Waals surface area contributed by atoms with E-state index in [2.05, 4.69) is 5.16 Å². The van der Waals surface area contributed by atoms with Gasteiger partial charge in [0.25, 0.3) is 0 Å². The topological polar surface area (TPSA) is 67.8 Å². The van der Waals surface area contributed by atoms with Crippen molar-refractivity contribution in [3.63, 3.8) is 0 Å². The number of rotatable bonds is 4. The molecule has 0 saturated carbocycles. The molecule has 0 aliphatic carbocycles. The van der Waals surface area contributed by atoms with E-state index in [-0.39, 0.29) is 5.84 Å². The Hall–Kier alpha value is -2.20. The van der Waals surface area contributed by atoms with Gasteiger partial charge in [0, 0.05) is 5.56 Å². The van der Waals surface area contributed by atoms with Crippen LogP contribution in [0.2, 0.25) is 5.02 Å². The molecule has 110 valence electrons. The van der Waals surface area contributed by atoms with Gasteiger partial charge in [-0.1, -0.05) is 35.0 Å².